The van der Waals surface area contributed by atoms with Crippen molar-refractivity contribution in [3.63, 3.8) is 0 Å². The summed E-state index contributed by atoms with van der Waals surface area (Å²) in [5.74, 6) is 0.948. The molecule has 14 heavy (non-hydrogen) atoms. The standard InChI is InChI=1S/C12H17N.ClH/c1-10(12-7-8-12)13-9-11-5-3-2-4-6-11;/h2-6,10,12-13H,7-9H2,1H3;1H. The lowest BCUT2D eigenvalue weighted by molar-refractivity contribution is 0.496. The van der Waals surface area contributed by atoms with E-state index in [0.717, 1.165) is 12.5 Å². The minimum atomic E-state index is 0. The van der Waals surface area contributed by atoms with Gasteiger partial charge >= 0.3 is 0 Å². The minimum Gasteiger partial charge on any atom is -0.310 e. The molecule has 0 aromatic heterocycles. The lowest BCUT2D eigenvalue weighted by Gasteiger charge is -2.12. The molecular weight excluding hydrogens is 194 g/mol. The molecule has 0 spiro atoms. The molecular formula is C12H18ClN. The molecule has 1 nitrogen and oxygen atoms in total. The molecule has 2 rings (SSSR count). The molecule has 1 fully saturated rings. The molecule has 1 aliphatic rings. The Morgan fingerprint density at radius 3 is 2.50 bits per heavy atom. The summed E-state index contributed by atoms with van der Waals surface area (Å²) in [7, 11) is 0. The van der Waals surface area contributed by atoms with Crippen molar-refractivity contribution in [2.45, 2.75) is 32.4 Å². The summed E-state index contributed by atoms with van der Waals surface area (Å²) in [5, 5.41) is 3.56. The molecule has 0 bridgehead atoms. The Morgan fingerprint density at radius 1 is 1.29 bits per heavy atom. The van der Waals surface area contributed by atoms with Crippen LogP contribution in [0.5, 0.6) is 0 Å². The Morgan fingerprint density at radius 2 is 1.93 bits per heavy atom. The fourth-order valence-electron chi connectivity index (χ4n) is 1.64. The van der Waals surface area contributed by atoms with Gasteiger partial charge in [-0.2, -0.15) is 0 Å². The lowest BCUT2D eigenvalue weighted by atomic mass is 10.2. The van der Waals surface area contributed by atoms with Gasteiger partial charge in [-0.05, 0) is 31.2 Å². The second kappa shape index (κ2) is 5.38. The Labute approximate surface area is 92.3 Å². The zero-order valence-electron chi connectivity index (χ0n) is 8.57. The minimum absolute atomic E-state index is 0. The Balaban J connectivity index is 0.000000980. The third kappa shape index (κ3) is 3.32. The van der Waals surface area contributed by atoms with Crippen LogP contribution >= 0.6 is 12.4 Å². The molecule has 1 unspecified atom stereocenters. The Kier molecular flexibility index (Phi) is 4.43. The summed E-state index contributed by atoms with van der Waals surface area (Å²) in [4.78, 5) is 0. The van der Waals surface area contributed by atoms with Crippen LogP contribution < -0.4 is 5.32 Å². The largest absolute Gasteiger partial charge is 0.310 e. The molecule has 0 heterocycles. The molecule has 1 aromatic carbocycles. The molecule has 1 N–H and O–H groups in total. The predicted octanol–water partition coefficient (Wildman–Crippen LogP) is 3.00. The molecule has 0 aliphatic heterocycles. The molecule has 2 heteroatoms. The van der Waals surface area contributed by atoms with E-state index < -0.39 is 0 Å². The fourth-order valence-corrected chi connectivity index (χ4v) is 1.64. The van der Waals surface area contributed by atoms with Gasteiger partial charge in [-0.1, -0.05) is 30.3 Å². The highest BCUT2D eigenvalue weighted by Crippen LogP contribution is 2.32. The van der Waals surface area contributed by atoms with E-state index in [1.807, 2.05) is 0 Å². The SMILES string of the molecule is CC(NCc1ccccc1)C1CC1.Cl. The third-order valence-electron chi connectivity index (χ3n) is 2.80. The van der Waals surface area contributed by atoms with E-state index in [1.54, 1.807) is 0 Å². The summed E-state index contributed by atoms with van der Waals surface area (Å²) in [6, 6.07) is 11.3. The number of rotatable bonds is 4. The van der Waals surface area contributed by atoms with Crippen LogP contribution in [-0.2, 0) is 6.54 Å². The zero-order chi connectivity index (χ0) is 9.10. The van der Waals surface area contributed by atoms with Gasteiger partial charge in [0.05, 0.1) is 0 Å². The smallest absolute Gasteiger partial charge is 0.0208 e. The van der Waals surface area contributed by atoms with Gasteiger partial charge in [0.1, 0.15) is 0 Å². The van der Waals surface area contributed by atoms with Crippen molar-refractivity contribution in [3.8, 4) is 0 Å². The fraction of sp³-hybridized carbons (Fsp3) is 0.500. The number of nitrogens with one attached hydrogen (secondary N) is 1. The maximum atomic E-state index is 3.56. The van der Waals surface area contributed by atoms with Crippen LogP contribution in [0.3, 0.4) is 0 Å². The zero-order valence-corrected chi connectivity index (χ0v) is 9.39. The first-order chi connectivity index (χ1) is 6.36. The highest BCUT2D eigenvalue weighted by atomic mass is 35.5. The molecule has 0 saturated heterocycles. The van der Waals surface area contributed by atoms with E-state index in [4.69, 9.17) is 0 Å². The van der Waals surface area contributed by atoms with E-state index in [2.05, 4.69) is 42.6 Å². The number of hydrogen-bond acceptors (Lipinski definition) is 1. The van der Waals surface area contributed by atoms with Crippen LogP contribution in [0.2, 0.25) is 0 Å². The van der Waals surface area contributed by atoms with Crippen molar-refractivity contribution in [3.05, 3.63) is 35.9 Å². The summed E-state index contributed by atoms with van der Waals surface area (Å²) in [6.07, 6.45) is 2.84. The van der Waals surface area contributed by atoms with Crippen LogP contribution in [0.1, 0.15) is 25.3 Å². The second-order valence-electron chi connectivity index (χ2n) is 3.99. The Hall–Kier alpha value is -0.530. The lowest BCUT2D eigenvalue weighted by Crippen LogP contribution is -2.27. The van der Waals surface area contributed by atoms with Gasteiger partial charge in [-0.3, -0.25) is 0 Å². The highest BCUT2D eigenvalue weighted by molar-refractivity contribution is 5.85. The molecule has 0 amide bonds. The first-order valence-electron chi connectivity index (χ1n) is 5.13. The van der Waals surface area contributed by atoms with E-state index in [-0.39, 0.29) is 12.4 Å². The molecule has 1 aromatic rings. The van der Waals surface area contributed by atoms with Crippen molar-refractivity contribution in [1.29, 1.82) is 0 Å². The first-order valence-corrected chi connectivity index (χ1v) is 5.13. The van der Waals surface area contributed by atoms with Crippen molar-refractivity contribution in [1.82, 2.24) is 5.32 Å². The average Bonchev–Trinajstić information content (AvgIpc) is 2.99. The predicted molar refractivity (Wildman–Crippen MR) is 62.7 cm³/mol. The van der Waals surface area contributed by atoms with Gasteiger partial charge in [0.25, 0.3) is 0 Å². The van der Waals surface area contributed by atoms with E-state index >= 15 is 0 Å². The molecule has 0 radical (unpaired) electrons. The quantitative estimate of drug-likeness (QED) is 0.808. The summed E-state index contributed by atoms with van der Waals surface area (Å²) in [6.45, 7) is 3.30. The number of benzene rings is 1. The topological polar surface area (TPSA) is 12.0 Å². The van der Waals surface area contributed by atoms with E-state index in [0.29, 0.717) is 6.04 Å². The van der Waals surface area contributed by atoms with Gasteiger partial charge in [0, 0.05) is 12.6 Å². The average molecular weight is 212 g/mol. The number of hydrogen-bond donors (Lipinski definition) is 1. The normalized spacial score (nSPS) is 17.2. The van der Waals surface area contributed by atoms with Crippen LogP contribution in [0, 0.1) is 5.92 Å². The van der Waals surface area contributed by atoms with Crippen LogP contribution in [0.25, 0.3) is 0 Å². The van der Waals surface area contributed by atoms with E-state index in [9.17, 15) is 0 Å². The van der Waals surface area contributed by atoms with Crippen LogP contribution in [0.15, 0.2) is 30.3 Å². The van der Waals surface area contributed by atoms with Gasteiger partial charge in [0.15, 0.2) is 0 Å². The van der Waals surface area contributed by atoms with Crippen LogP contribution in [-0.4, -0.2) is 6.04 Å². The first kappa shape index (κ1) is 11.5. The van der Waals surface area contributed by atoms with E-state index in [1.165, 1.54) is 18.4 Å². The second-order valence-corrected chi connectivity index (χ2v) is 3.99. The summed E-state index contributed by atoms with van der Waals surface area (Å²) in [5.41, 5.74) is 1.38. The molecule has 1 aliphatic carbocycles. The van der Waals surface area contributed by atoms with Gasteiger partial charge in [-0.25, -0.2) is 0 Å². The molecule has 78 valence electrons. The van der Waals surface area contributed by atoms with Gasteiger partial charge < -0.3 is 5.32 Å². The van der Waals surface area contributed by atoms with Crippen molar-refractivity contribution < 1.29 is 0 Å². The monoisotopic (exact) mass is 211 g/mol. The van der Waals surface area contributed by atoms with Crippen LogP contribution in [0.4, 0.5) is 0 Å². The molecule has 1 saturated carbocycles. The third-order valence-corrected chi connectivity index (χ3v) is 2.80. The molecule has 1 atom stereocenters. The summed E-state index contributed by atoms with van der Waals surface area (Å²) >= 11 is 0. The van der Waals surface area contributed by atoms with Crippen molar-refractivity contribution in [2.75, 3.05) is 0 Å². The van der Waals surface area contributed by atoms with Gasteiger partial charge in [0.2, 0.25) is 0 Å². The van der Waals surface area contributed by atoms with Crippen molar-refractivity contribution in [2.24, 2.45) is 5.92 Å². The number of halogens is 1. The Bertz CT molecular complexity index is 256. The van der Waals surface area contributed by atoms with Gasteiger partial charge in [-0.15, -0.1) is 12.4 Å². The maximum Gasteiger partial charge on any atom is 0.0208 e. The maximum absolute atomic E-state index is 3.56. The summed E-state index contributed by atoms with van der Waals surface area (Å²) < 4.78 is 0. The van der Waals surface area contributed by atoms with Crippen molar-refractivity contribution >= 4 is 12.4 Å². The highest BCUT2D eigenvalue weighted by Gasteiger charge is 2.27.